The second-order valence-electron chi connectivity index (χ2n) is 6.09. The topological polar surface area (TPSA) is 29.5 Å². The van der Waals surface area contributed by atoms with Crippen LogP contribution < -0.4 is 4.74 Å². The monoisotopic (exact) mass is 316 g/mol. The van der Waals surface area contributed by atoms with Crippen LogP contribution in [0, 0.1) is 11.7 Å². The highest BCUT2D eigenvalue weighted by Gasteiger charge is 2.14. The fourth-order valence-corrected chi connectivity index (χ4v) is 2.99. The summed E-state index contributed by atoms with van der Waals surface area (Å²) in [5, 5.41) is 9.40. The van der Waals surface area contributed by atoms with Crippen LogP contribution in [0.3, 0.4) is 0 Å². The fraction of sp³-hybridized carbons (Fsp3) is 0.400. The van der Waals surface area contributed by atoms with Crippen LogP contribution in [0.4, 0.5) is 4.39 Å². The lowest BCUT2D eigenvalue weighted by atomic mass is 9.89. The smallest absolute Gasteiger partial charge is 0.131 e. The molecule has 2 nitrogen and oxygen atoms in total. The summed E-state index contributed by atoms with van der Waals surface area (Å²) >= 11 is 0. The number of aliphatic hydroxyl groups is 1. The zero-order valence-corrected chi connectivity index (χ0v) is 14.1. The summed E-state index contributed by atoms with van der Waals surface area (Å²) in [4.78, 5) is 0. The van der Waals surface area contributed by atoms with Gasteiger partial charge in [0.15, 0.2) is 0 Å². The van der Waals surface area contributed by atoms with Crippen molar-refractivity contribution in [3.05, 3.63) is 53.3 Å². The normalized spacial score (nSPS) is 12.2. The van der Waals surface area contributed by atoms with Crippen molar-refractivity contribution in [3.63, 3.8) is 0 Å². The van der Waals surface area contributed by atoms with E-state index >= 15 is 0 Å². The van der Waals surface area contributed by atoms with Crippen molar-refractivity contribution >= 4 is 0 Å². The molecule has 1 N–H and O–H groups in total. The number of hydrogen-bond acceptors (Lipinski definition) is 2. The molecule has 2 aromatic carbocycles. The van der Waals surface area contributed by atoms with E-state index in [0.717, 1.165) is 36.0 Å². The summed E-state index contributed by atoms with van der Waals surface area (Å²) in [5.41, 5.74) is 3.36. The maximum atomic E-state index is 14.3. The van der Waals surface area contributed by atoms with Crippen LogP contribution >= 0.6 is 0 Å². The Morgan fingerprint density at radius 1 is 1.13 bits per heavy atom. The average Bonchev–Trinajstić information content (AvgIpc) is 2.55. The Kier molecular flexibility index (Phi) is 6.17. The molecule has 0 spiro atoms. The molecule has 2 aromatic rings. The zero-order valence-electron chi connectivity index (χ0n) is 14.1. The minimum absolute atomic E-state index is 0.00394. The molecule has 3 heteroatoms. The Morgan fingerprint density at radius 2 is 1.91 bits per heavy atom. The first-order chi connectivity index (χ1) is 11.1. The Morgan fingerprint density at radius 3 is 2.57 bits per heavy atom. The van der Waals surface area contributed by atoms with Crippen molar-refractivity contribution in [1.29, 1.82) is 0 Å². The molecule has 0 aliphatic heterocycles. The standard InChI is InChI=1S/C20H25FO2/c1-4-5-14(2)10-16-11-15(13-22)6-8-18(16)19-12-17(23-3)7-9-20(19)21/h6-9,11-12,14,22H,4-5,10,13H2,1-3H3. The van der Waals surface area contributed by atoms with Crippen LogP contribution in [0.25, 0.3) is 11.1 Å². The van der Waals surface area contributed by atoms with Gasteiger partial charge in [-0.05, 0) is 47.2 Å². The molecule has 0 amide bonds. The second kappa shape index (κ2) is 8.11. The predicted octanol–water partition coefficient (Wildman–Crippen LogP) is 4.97. The largest absolute Gasteiger partial charge is 0.497 e. The van der Waals surface area contributed by atoms with Gasteiger partial charge in [0.25, 0.3) is 0 Å². The Labute approximate surface area is 137 Å². The number of halogens is 1. The van der Waals surface area contributed by atoms with Gasteiger partial charge in [0.1, 0.15) is 11.6 Å². The maximum absolute atomic E-state index is 14.3. The lowest BCUT2D eigenvalue weighted by Crippen LogP contribution is -2.03. The van der Waals surface area contributed by atoms with Gasteiger partial charge in [-0.25, -0.2) is 4.39 Å². The van der Waals surface area contributed by atoms with Gasteiger partial charge in [0.2, 0.25) is 0 Å². The fourth-order valence-electron chi connectivity index (χ4n) is 2.99. The van der Waals surface area contributed by atoms with Gasteiger partial charge in [-0.2, -0.15) is 0 Å². The third-order valence-corrected chi connectivity index (χ3v) is 4.17. The van der Waals surface area contributed by atoms with Gasteiger partial charge < -0.3 is 9.84 Å². The summed E-state index contributed by atoms with van der Waals surface area (Å²) in [6.45, 7) is 4.38. The Balaban J connectivity index is 2.48. The molecule has 0 bridgehead atoms. The highest BCUT2D eigenvalue weighted by molar-refractivity contribution is 5.70. The molecule has 0 saturated carbocycles. The number of ether oxygens (including phenoxy) is 1. The van der Waals surface area contributed by atoms with Crippen LogP contribution in [0.15, 0.2) is 36.4 Å². The molecule has 1 unspecified atom stereocenters. The van der Waals surface area contributed by atoms with E-state index in [1.807, 2.05) is 18.2 Å². The van der Waals surface area contributed by atoms with Gasteiger partial charge in [0, 0.05) is 5.56 Å². The second-order valence-corrected chi connectivity index (χ2v) is 6.09. The molecular weight excluding hydrogens is 291 g/mol. The molecule has 0 fully saturated rings. The summed E-state index contributed by atoms with van der Waals surface area (Å²) in [5.74, 6) is 0.897. The van der Waals surface area contributed by atoms with Gasteiger partial charge in [-0.1, -0.05) is 44.9 Å². The summed E-state index contributed by atoms with van der Waals surface area (Å²) in [7, 11) is 1.58. The third-order valence-electron chi connectivity index (χ3n) is 4.17. The van der Waals surface area contributed by atoms with E-state index in [4.69, 9.17) is 4.74 Å². The first kappa shape index (κ1) is 17.5. The SMILES string of the molecule is CCCC(C)Cc1cc(CO)ccc1-c1cc(OC)ccc1F. The van der Waals surface area contributed by atoms with Gasteiger partial charge in [-0.15, -0.1) is 0 Å². The first-order valence-electron chi connectivity index (χ1n) is 8.15. The van der Waals surface area contributed by atoms with E-state index in [-0.39, 0.29) is 12.4 Å². The van der Waals surface area contributed by atoms with Crippen molar-refractivity contribution < 1.29 is 14.2 Å². The molecule has 2 rings (SSSR count). The van der Waals surface area contributed by atoms with Crippen LogP contribution in [-0.4, -0.2) is 12.2 Å². The number of methoxy groups -OCH3 is 1. The lowest BCUT2D eigenvalue weighted by Gasteiger charge is -2.16. The number of hydrogen-bond donors (Lipinski definition) is 1. The third kappa shape index (κ3) is 4.32. The van der Waals surface area contributed by atoms with E-state index < -0.39 is 0 Å². The molecule has 0 aliphatic rings. The van der Waals surface area contributed by atoms with Gasteiger partial charge in [0.05, 0.1) is 13.7 Å². The molecule has 124 valence electrons. The number of benzene rings is 2. The van der Waals surface area contributed by atoms with E-state index in [1.54, 1.807) is 19.2 Å². The summed E-state index contributed by atoms with van der Waals surface area (Å²) in [6.07, 6.45) is 3.13. The number of aliphatic hydroxyl groups excluding tert-OH is 1. The van der Waals surface area contributed by atoms with Crippen LogP contribution in [-0.2, 0) is 13.0 Å². The maximum Gasteiger partial charge on any atom is 0.131 e. The number of rotatable bonds is 7. The molecule has 0 aromatic heterocycles. The molecule has 0 heterocycles. The Bertz CT molecular complexity index is 652. The predicted molar refractivity (Wildman–Crippen MR) is 92.1 cm³/mol. The van der Waals surface area contributed by atoms with Crippen molar-refractivity contribution in [3.8, 4) is 16.9 Å². The molecule has 0 saturated heterocycles. The van der Waals surface area contributed by atoms with E-state index in [0.29, 0.717) is 17.2 Å². The van der Waals surface area contributed by atoms with E-state index in [1.165, 1.54) is 6.07 Å². The van der Waals surface area contributed by atoms with Crippen LogP contribution in [0.5, 0.6) is 5.75 Å². The van der Waals surface area contributed by atoms with Crippen molar-refractivity contribution in [2.75, 3.05) is 7.11 Å². The van der Waals surface area contributed by atoms with Crippen molar-refractivity contribution in [2.45, 2.75) is 39.7 Å². The molecule has 0 aliphatic carbocycles. The zero-order chi connectivity index (χ0) is 16.8. The average molecular weight is 316 g/mol. The Hall–Kier alpha value is -1.87. The molecular formula is C20H25FO2. The van der Waals surface area contributed by atoms with Crippen molar-refractivity contribution in [2.24, 2.45) is 5.92 Å². The van der Waals surface area contributed by atoms with Gasteiger partial charge >= 0.3 is 0 Å². The molecule has 0 radical (unpaired) electrons. The van der Waals surface area contributed by atoms with Crippen LogP contribution in [0.2, 0.25) is 0 Å². The van der Waals surface area contributed by atoms with E-state index in [2.05, 4.69) is 13.8 Å². The van der Waals surface area contributed by atoms with E-state index in [9.17, 15) is 9.50 Å². The lowest BCUT2D eigenvalue weighted by molar-refractivity contribution is 0.281. The molecule has 23 heavy (non-hydrogen) atoms. The molecule has 1 atom stereocenters. The minimum atomic E-state index is -0.257. The highest BCUT2D eigenvalue weighted by Crippen LogP contribution is 2.32. The summed E-state index contributed by atoms with van der Waals surface area (Å²) in [6, 6.07) is 10.5. The highest BCUT2D eigenvalue weighted by atomic mass is 19.1. The quantitative estimate of drug-likeness (QED) is 0.781. The minimum Gasteiger partial charge on any atom is -0.497 e. The van der Waals surface area contributed by atoms with Crippen molar-refractivity contribution in [1.82, 2.24) is 0 Å². The van der Waals surface area contributed by atoms with Gasteiger partial charge in [-0.3, -0.25) is 0 Å². The van der Waals surface area contributed by atoms with Crippen LogP contribution in [0.1, 0.15) is 37.8 Å². The summed E-state index contributed by atoms with van der Waals surface area (Å²) < 4.78 is 19.6. The first-order valence-corrected chi connectivity index (χ1v) is 8.15.